The predicted octanol–water partition coefficient (Wildman–Crippen LogP) is 1.99. The molecule has 0 aliphatic heterocycles. The number of hydrogen-bond acceptors (Lipinski definition) is 3. The van der Waals surface area contributed by atoms with Crippen molar-refractivity contribution < 1.29 is 14.6 Å². The lowest BCUT2D eigenvalue weighted by molar-refractivity contribution is -0.166. The molecule has 0 aromatic heterocycles. The number of carbonyl (C=O) groups is 1. The van der Waals surface area contributed by atoms with Crippen LogP contribution in [0.25, 0.3) is 0 Å². The van der Waals surface area contributed by atoms with Crippen molar-refractivity contribution in [3.05, 3.63) is 0 Å². The fraction of sp³-hybridized carbons (Fsp3) is 0.929. The molecule has 1 aliphatic rings. The number of primary amides is 1. The summed E-state index contributed by atoms with van der Waals surface area (Å²) in [5, 5.41) is 10.5. The number of amides is 1. The molecule has 1 fully saturated rings. The van der Waals surface area contributed by atoms with Gasteiger partial charge in [0, 0.05) is 0 Å². The van der Waals surface area contributed by atoms with Crippen LogP contribution in [0.1, 0.15) is 59.3 Å². The first-order valence-electron chi connectivity index (χ1n) is 7.04. The van der Waals surface area contributed by atoms with Crippen LogP contribution in [0.5, 0.6) is 0 Å². The Morgan fingerprint density at radius 2 is 1.89 bits per heavy atom. The summed E-state index contributed by atoms with van der Waals surface area (Å²) < 4.78 is 5.87. The fourth-order valence-corrected chi connectivity index (χ4v) is 2.69. The first-order chi connectivity index (χ1) is 8.36. The number of aliphatic hydroxyl groups is 1. The molecule has 0 spiro atoms. The summed E-state index contributed by atoms with van der Waals surface area (Å²) in [6.07, 6.45) is 5.57. The molecular weight excluding hydrogens is 230 g/mol. The molecule has 4 nitrogen and oxygen atoms in total. The molecule has 106 valence electrons. The van der Waals surface area contributed by atoms with E-state index in [1.54, 1.807) is 6.92 Å². The Bertz CT molecular complexity index is 274. The maximum Gasteiger partial charge on any atom is 0.252 e. The molecule has 18 heavy (non-hydrogen) atoms. The monoisotopic (exact) mass is 257 g/mol. The van der Waals surface area contributed by atoms with Gasteiger partial charge in [0.15, 0.2) is 5.60 Å². The van der Waals surface area contributed by atoms with Crippen LogP contribution in [0.3, 0.4) is 0 Å². The molecule has 0 radical (unpaired) electrons. The molecule has 1 rings (SSSR count). The molecule has 1 amide bonds. The van der Waals surface area contributed by atoms with E-state index < -0.39 is 17.6 Å². The largest absolute Gasteiger partial charge is 0.377 e. The average molecular weight is 257 g/mol. The van der Waals surface area contributed by atoms with E-state index in [4.69, 9.17) is 10.5 Å². The van der Waals surface area contributed by atoms with Crippen LogP contribution in [0, 0.1) is 5.92 Å². The first-order valence-corrected chi connectivity index (χ1v) is 7.04. The minimum atomic E-state index is -1.55. The van der Waals surface area contributed by atoms with Crippen molar-refractivity contribution in [2.24, 2.45) is 11.7 Å². The van der Waals surface area contributed by atoms with Crippen LogP contribution in [0.15, 0.2) is 0 Å². The van der Waals surface area contributed by atoms with Gasteiger partial charge in [-0.25, -0.2) is 0 Å². The van der Waals surface area contributed by atoms with Gasteiger partial charge in [0.25, 0.3) is 5.91 Å². The van der Waals surface area contributed by atoms with Gasteiger partial charge in [0.2, 0.25) is 0 Å². The fourth-order valence-electron chi connectivity index (χ4n) is 2.69. The number of nitrogens with two attached hydrogens (primary N) is 1. The highest BCUT2D eigenvalue weighted by Gasteiger charge is 2.42. The lowest BCUT2D eigenvalue weighted by Gasteiger charge is -2.35. The molecule has 4 heteroatoms. The van der Waals surface area contributed by atoms with Crippen molar-refractivity contribution in [1.29, 1.82) is 0 Å². The smallest absolute Gasteiger partial charge is 0.252 e. The minimum Gasteiger partial charge on any atom is -0.377 e. The lowest BCUT2D eigenvalue weighted by Crippen LogP contribution is -2.54. The molecule has 0 bridgehead atoms. The summed E-state index contributed by atoms with van der Waals surface area (Å²) in [5.74, 6) is -0.487. The predicted molar refractivity (Wildman–Crippen MR) is 71.0 cm³/mol. The molecule has 0 saturated heterocycles. The van der Waals surface area contributed by atoms with Crippen LogP contribution in [0.2, 0.25) is 0 Å². The normalized spacial score (nSPS) is 22.7. The van der Waals surface area contributed by atoms with Gasteiger partial charge >= 0.3 is 0 Å². The van der Waals surface area contributed by atoms with Crippen LogP contribution in [-0.4, -0.2) is 28.8 Å². The van der Waals surface area contributed by atoms with Gasteiger partial charge in [0.1, 0.15) is 0 Å². The standard InChI is InChI=1S/C14H27NO3/c1-10(2)9-14(17,13(15)16)11(3)18-12-7-5-4-6-8-12/h10-12,17H,4-9H2,1-3H3,(H2,15,16). The van der Waals surface area contributed by atoms with Gasteiger partial charge in [-0.2, -0.15) is 0 Å². The maximum absolute atomic E-state index is 11.5. The van der Waals surface area contributed by atoms with E-state index in [0.29, 0.717) is 6.42 Å². The molecule has 1 aliphatic carbocycles. The number of carbonyl (C=O) groups excluding carboxylic acids is 1. The second-order valence-corrected chi connectivity index (χ2v) is 5.92. The molecule has 1 saturated carbocycles. The second kappa shape index (κ2) is 6.53. The number of hydrogen-bond donors (Lipinski definition) is 2. The third-order valence-corrected chi connectivity index (χ3v) is 3.77. The van der Waals surface area contributed by atoms with E-state index in [0.717, 1.165) is 25.7 Å². The first kappa shape index (κ1) is 15.4. The number of rotatable bonds is 6. The zero-order chi connectivity index (χ0) is 13.8. The molecule has 0 heterocycles. The van der Waals surface area contributed by atoms with E-state index in [1.165, 1.54) is 6.42 Å². The van der Waals surface area contributed by atoms with Gasteiger partial charge in [0.05, 0.1) is 12.2 Å². The SMILES string of the molecule is CC(C)CC(O)(C(N)=O)C(C)OC1CCCCC1. The molecule has 0 aromatic rings. The summed E-state index contributed by atoms with van der Waals surface area (Å²) >= 11 is 0. The topological polar surface area (TPSA) is 72.5 Å². The number of ether oxygens (including phenoxy) is 1. The van der Waals surface area contributed by atoms with E-state index in [9.17, 15) is 9.90 Å². The minimum absolute atomic E-state index is 0.159. The van der Waals surface area contributed by atoms with Gasteiger partial charge < -0.3 is 15.6 Å². The summed E-state index contributed by atoms with van der Waals surface area (Å²) in [5.41, 5.74) is 3.81. The van der Waals surface area contributed by atoms with Gasteiger partial charge in [-0.15, -0.1) is 0 Å². The summed E-state index contributed by atoms with van der Waals surface area (Å²) in [6, 6.07) is 0. The van der Waals surface area contributed by atoms with Gasteiger partial charge in [-0.3, -0.25) is 4.79 Å². The quantitative estimate of drug-likeness (QED) is 0.764. The van der Waals surface area contributed by atoms with E-state index >= 15 is 0 Å². The molecule has 2 atom stereocenters. The molecule has 0 aromatic carbocycles. The third kappa shape index (κ3) is 3.95. The van der Waals surface area contributed by atoms with Crippen molar-refractivity contribution >= 4 is 5.91 Å². The van der Waals surface area contributed by atoms with E-state index in [2.05, 4.69) is 0 Å². The molecular formula is C14H27NO3. The average Bonchev–Trinajstić information content (AvgIpc) is 2.29. The summed E-state index contributed by atoms with van der Waals surface area (Å²) in [4.78, 5) is 11.5. The molecule has 3 N–H and O–H groups in total. The van der Waals surface area contributed by atoms with Crippen LogP contribution in [0.4, 0.5) is 0 Å². The Morgan fingerprint density at radius 1 is 1.33 bits per heavy atom. The van der Waals surface area contributed by atoms with Gasteiger partial charge in [-0.1, -0.05) is 33.1 Å². The van der Waals surface area contributed by atoms with Crippen LogP contribution in [-0.2, 0) is 9.53 Å². The van der Waals surface area contributed by atoms with Crippen molar-refractivity contribution in [3.8, 4) is 0 Å². The highest BCUT2D eigenvalue weighted by Crippen LogP contribution is 2.28. The van der Waals surface area contributed by atoms with Crippen molar-refractivity contribution in [1.82, 2.24) is 0 Å². The highest BCUT2D eigenvalue weighted by molar-refractivity contribution is 5.83. The van der Waals surface area contributed by atoms with E-state index in [1.807, 2.05) is 13.8 Å². The van der Waals surface area contributed by atoms with E-state index in [-0.39, 0.29) is 12.0 Å². The Balaban J connectivity index is 2.63. The summed E-state index contributed by atoms with van der Waals surface area (Å²) in [7, 11) is 0. The second-order valence-electron chi connectivity index (χ2n) is 5.92. The van der Waals surface area contributed by atoms with Crippen molar-refractivity contribution in [2.45, 2.75) is 77.1 Å². The zero-order valence-corrected chi connectivity index (χ0v) is 11.8. The maximum atomic E-state index is 11.5. The Hall–Kier alpha value is -0.610. The Kier molecular flexibility index (Phi) is 5.60. The van der Waals surface area contributed by atoms with Crippen molar-refractivity contribution in [3.63, 3.8) is 0 Å². The summed E-state index contributed by atoms with van der Waals surface area (Å²) in [6.45, 7) is 5.67. The third-order valence-electron chi connectivity index (χ3n) is 3.77. The van der Waals surface area contributed by atoms with Crippen LogP contribution >= 0.6 is 0 Å². The highest BCUT2D eigenvalue weighted by atomic mass is 16.5. The Morgan fingerprint density at radius 3 is 2.33 bits per heavy atom. The zero-order valence-electron chi connectivity index (χ0n) is 11.8. The lowest BCUT2D eigenvalue weighted by atomic mass is 9.86. The van der Waals surface area contributed by atoms with Crippen LogP contribution < -0.4 is 5.73 Å². The van der Waals surface area contributed by atoms with Gasteiger partial charge in [-0.05, 0) is 32.1 Å². The molecule has 2 unspecified atom stereocenters. The van der Waals surface area contributed by atoms with Crippen molar-refractivity contribution in [2.75, 3.05) is 0 Å². The Labute approximate surface area is 110 Å².